The molecular weight excluding hydrogens is 302 g/mol. The minimum Gasteiger partial charge on any atom is -0.383 e. The van der Waals surface area contributed by atoms with Crippen molar-refractivity contribution in [1.82, 2.24) is 9.78 Å². The van der Waals surface area contributed by atoms with E-state index in [0.717, 1.165) is 22.5 Å². The summed E-state index contributed by atoms with van der Waals surface area (Å²) in [5, 5.41) is 5.27. The maximum absolute atomic E-state index is 12.2. The second kappa shape index (κ2) is 6.10. The lowest BCUT2D eigenvalue weighted by atomic mass is 10.00. The third-order valence-electron chi connectivity index (χ3n) is 3.80. The van der Waals surface area contributed by atoms with Crippen LogP contribution < -0.4 is 4.90 Å². The number of carbonyl (C=O) groups excluding carboxylic acids is 1. The predicted molar refractivity (Wildman–Crippen MR) is 86.0 cm³/mol. The molecule has 0 spiro atoms. The second-order valence-corrected chi connectivity index (χ2v) is 5.69. The lowest BCUT2D eigenvalue weighted by Gasteiger charge is -2.28. The molecule has 0 aliphatic carbocycles. The van der Waals surface area contributed by atoms with Crippen molar-refractivity contribution in [3.05, 3.63) is 35.0 Å². The molecular formula is C16H18ClN3O2. The van der Waals surface area contributed by atoms with E-state index in [4.69, 9.17) is 16.3 Å². The van der Waals surface area contributed by atoms with Crippen LogP contribution in [-0.2, 0) is 22.6 Å². The summed E-state index contributed by atoms with van der Waals surface area (Å²) < 4.78 is 6.96. The van der Waals surface area contributed by atoms with Gasteiger partial charge in [0.05, 0.1) is 31.1 Å². The Bertz CT molecular complexity index is 711. The van der Waals surface area contributed by atoms with Gasteiger partial charge in [0.15, 0.2) is 0 Å². The molecule has 0 N–H and O–H groups in total. The van der Waals surface area contributed by atoms with Gasteiger partial charge in [0.25, 0.3) is 0 Å². The van der Waals surface area contributed by atoms with E-state index in [9.17, 15) is 4.79 Å². The molecule has 1 aliphatic heterocycles. The Kier molecular flexibility index (Phi) is 4.18. The van der Waals surface area contributed by atoms with E-state index in [-0.39, 0.29) is 5.91 Å². The zero-order chi connectivity index (χ0) is 15.7. The van der Waals surface area contributed by atoms with Gasteiger partial charge in [-0.15, -0.1) is 0 Å². The van der Waals surface area contributed by atoms with Crippen LogP contribution in [0.1, 0.15) is 18.9 Å². The fourth-order valence-corrected chi connectivity index (χ4v) is 2.88. The Morgan fingerprint density at radius 1 is 1.45 bits per heavy atom. The number of halogens is 1. The molecule has 1 aliphatic rings. The van der Waals surface area contributed by atoms with Crippen LogP contribution in [0.5, 0.6) is 0 Å². The standard InChI is InChI=1S/C16H18ClN3O2/c1-3-15(21)20-10-11-9-19(6-7-22-2)18-16(11)13-8-12(17)4-5-14(13)20/h4-5,8-9H,3,6-7,10H2,1-2H3. The minimum atomic E-state index is 0.0962. The molecule has 0 saturated carbocycles. The molecule has 0 unspecified atom stereocenters. The lowest BCUT2D eigenvalue weighted by Crippen LogP contribution is -2.32. The van der Waals surface area contributed by atoms with E-state index in [1.807, 2.05) is 36.0 Å². The normalized spacial score (nSPS) is 13.0. The second-order valence-electron chi connectivity index (χ2n) is 5.25. The zero-order valence-electron chi connectivity index (χ0n) is 12.7. The van der Waals surface area contributed by atoms with Gasteiger partial charge in [-0.25, -0.2) is 0 Å². The third-order valence-corrected chi connectivity index (χ3v) is 4.03. The van der Waals surface area contributed by atoms with Gasteiger partial charge in [-0.05, 0) is 18.2 Å². The summed E-state index contributed by atoms with van der Waals surface area (Å²) in [5.74, 6) is 0.0962. The molecule has 1 aromatic carbocycles. The van der Waals surface area contributed by atoms with E-state index in [1.54, 1.807) is 12.0 Å². The van der Waals surface area contributed by atoms with Gasteiger partial charge < -0.3 is 9.64 Å². The topological polar surface area (TPSA) is 47.4 Å². The first-order chi connectivity index (χ1) is 10.6. The Morgan fingerprint density at radius 2 is 2.27 bits per heavy atom. The highest BCUT2D eigenvalue weighted by atomic mass is 35.5. The molecule has 1 amide bonds. The number of ether oxygens (including phenoxy) is 1. The third kappa shape index (κ3) is 2.62. The average Bonchev–Trinajstić information content (AvgIpc) is 2.94. The molecule has 2 heterocycles. The van der Waals surface area contributed by atoms with Crippen molar-refractivity contribution in [2.45, 2.75) is 26.4 Å². The molecule has 0 saturated heterocycles. The first-order valence-electron chi connectivity index (χ1n) is 7.29. The molecule has 116 valence electrons. The Balaban J connectivity index is 2.07. The molecule has 0 fully saturated rings. The number of nitrogens with zero attached hydrogens (tertiary/aromatic N) is 3. The molecule has 0 bridgehead atoms. The molecule has 2 aromatic rings. The summed E-state index contributed by atoms with van der Waals surface area (Å²) in [5.41, 5.74) is 3.72. The number of hydrogen-bond acceptors (Lipinski definition) is 3. The SMILES string of the molecule is CCC(=O)N1Cc2cn(CCOC)nc2-c2cc(Cl)ccc21. The maximum atomic E-state index is 12.2. The van der Waals surface area contributed by atoms with Crippen molar-refractivity contribution in [2.24, 2.45) is 0 Å². The van der Waals surface area contributed by atoms with Gasteiger partial charge in [0, 0.05) is 35.9 Å². The molecule has 6 heteroatoms. The fraction of sp³-hybridized carbons (Fsp3) is 0.375. The summed E-state index contributed by atoms with van der Waals surface area (Å²) in [6.45, 7) is 3.70. The first-order valence-corrected chi connectivity index (χ1v) is 7.67. The Labute approximate surface area is 134 Å². The highest BCUT2D eigenvalue weighted by Crippen LogP contribution is 2.39. The molecule has 22 heavy (non-hydrogen) atoms. The quantitative estimate of drug-likeness (QED) is 0.870. The zero-order valence-corrected chi connectivity index (χ0v) is 13.4. The maximum Gasteiger partial charge on any atom is 0.227 e. The number of carbonyl (C=O) groups is 1. The van der Waals surface area contributed by atoms with Crippen molar-refractivity contribution in [3.63, 3.8) is 0 Å². The van der Waals surface area contributed by atoms with Crippen molar-refractivity contribution in [1.29, 1.82) is 0 Å². The summed E-state index contributed by atoms with van der Waals surface area (Å²) in [6, 6.07) is 5.57. The number of fused-ring (bicyclic) bond motifs is 3. The monoisotopic (exact) mass is 319 g/mol. The number of aromatic nitrogens is 2. The summed E-state index contributed by atoms with van der Waals surface area (Å²) >= 11 is 6.14. The summed E-state index contributed by atoms with van der Waals surface area (Å²) in [6.07, 6.45) is 2.45. The summed E-state index contributed by atoms with van der Waals surface area (Å²) in [4.78, 5) is 14.1. The minimum absolute atomic E-state index is 0.0962. The highest BCUT2D eigenvalue weighted by Gasteiger charge is 2.28. The number of methoxy groups -OCH3 is 1. The van der Waals surface area contributed by atoms with Gasteiger partial charge in [-0.3, -0.25) is 9.48 Å². The van der Waals surface area contributed by atoms with Gasteiger partial charge >= 0.3 is 0 Å². The largest absolute Gasteiger partial charge is 0.383 e. The van der Waals surface area contributed by atoms with Crippen molar-refractivity contribution < 1.29 is 9.53 Å². The molecule has 0 atom stereocenters. The van der Waals surface area contributed by atoms with Gasteiger partial charge in [0.1, 0.15) is 0 Å². The Morgan fingerprint density at radius 3 is 3.00 bits per heavy atom. The molecule has 5 nitrogen and oxygen atoms in total. The number of benzene rings is 1. The van der Waals surface area contributed by atoms with Crippen LogP contribution in [0.4, 0.5) is 5.69 Å². The smallest absolute Gasteiger partial charge is 0.227 e. The van der Waals surface area contributed by atoms with Crippen LogP contribution in [-0.4, -0.2) is 29.4 Å². The lowest BCUT2D eigenvalue weighted by molar-refractivity contribution is -0.118. The van der Waals surface area contributed by atoms with Crippen LogP contribution in [0.3, 0.4) is 0 Å². The number of rotatable bonds is 4. The van der Waals surface area contributed by atoms with Gasteiger partial charge in [-0.1, -0.05) is 18.5 Å². The van der Waals surface area contributed by atoms with Crippen LogP contribution in [0.15, 0.2) is 24.4 Å². The van der Waals surface area contributed by atoms with Crippen LogP contribution in [0.25, 0.3) is 11.3 Å². The number of hydrogen-bond donors (Lipinski definition) is 0. The van der Waals surface area contributed by atoms with Crippen molar-refractivity contribution in [2.75, 3.05) is 18.6 Å². The molecule has 3 rings (SSSR count). The summed E-state index contributed by atoms with van der Waals surface area (Å²) in [7, 11) is 1.67. The van der Waals surface area contributed by atoms with E-state index in [1.165, 1.54) is 0 Å². The van der Waals surface area contributed by atoms with E-state index >= 15 is 0 Å². The highest BCUT2D eigenvalue weighted by molar-refractivity contribution is 6.31. The Hall–Kier alpha value is -1.85. The van der Waals surface area contributed by atoms with Crippen LogP contribution in [0.2, 0.25) is 5.02 Å². The predicted octanol–water partition coefficient (Wildman–Crippen LogP) is 3.11. The van der Waals surface area contributed by atoms with Crippen molar-refractivity contribution >= 4 is 23.2 Å². The van der Waals surface area contributed by atoms with Gasteiger partial charge in [0.2, 0.25) is 5.91 Å². The van der Waals surface area contributed by atoms with Crippen LogP contribution >= 0.6 is 11.6 Å². The van der Waals surface area contributed by atoms with Crippen LogP contribution in [0, 0.1) is 0 Å². The number of amides is 1. The fourth-order valence-electron chi connectivity index (χ4n) is 2.71. The van der Waals surface area contributed by atoms with E-state index in [0.29, 0.717) is 31.1 Å². The van der Waals surface area contributed by atoms with E-state index in [2.05, 4.69) is 5.10 Å². The molecule has 0 radical (unpaired) electrons. The number of anilines is 1. The average molecular weight is 320 g/mol. The van der Waals surface area contributed by atoms with Gasteiger partial charge in [-0.2, -0.15) is 5.10 Å². The van der Waals surface area contributed by atoms with Crippen molar-refractivity contribution in [3.8, 4) is 11.3 Å². The molecule has 1 aromatic heterocycles. The first kappa shape index (κ1) is 15.1. The van der Waals surface area contributed by atoms with E-state index < -0.39 is 0 Å².